The third kappa shape index (κ3) is 2.40. The minimum Gasteiger partial charge on any atom is -0.253 e. The Balaban J connectivity index is 1.90. The number of nitrogens with zero attached hydrogens (tertiary/aromatic N) is 4. The maximum atomic E-state index is 4.98. The number of fused-ring (bicyclic) bond motifs is 3. The first-order chi connectivity index (χ1) is 12.9. The number of hydrogen-bond acceptors (Lipinski definition) is 4. The van der Waals surface area contributed by atoms with E-state index >= 15 is 0 Å². The molecule has 0 atom stereocenters. The minimum absolute atomic E-state index is 0.772. The second-order valence-corrected chi connectivity index (χ2v) is 6.01. The molecule has 0 spiro atoms. The Morgan fingerprint density at radius 1 is 0.462 bits per heavy atom. The van der Waals surface area contributed by atoms with Crippen molar-refractivity contribution in [1.29, 1.82) is 0 Å². The van der Waals surface area contributed by atoms with Gasteiger partial charge in [0.1, 0.15) is 11.0 Å². The van der Waals surface area contributed by atoms with E-state index in [1.165, 1.54) is 0 Å². The summed E-state index contributed by atoms with van der Waals surface area (Å²) in [6, 6.07) is 24.2. The van der Waals surface area contributed by atoms with Crippen molar-refractivity contribution in [3.05, 3.63) is 85.2 Å². The van der Waals surface area contributed by atoms with Gasteiger partial charge >= 0.3 is 0 Å². The fraction of sp³-hybridized carbons (Fsp3) is 0. The van der Waals surface area contributed by atoms with Crippen LogP contribution < -0.4 is 0 Å². The molecule has 0 aliphatic rings. The van der Waals surface area contributed by atoms with Crippen LogP contribution in [0.1, 0.15) is 0 Å². The van der Waals surface area contributed by atoms with Gasteiger partial charge in [0, 0.05) is 23.5 Å². The van der Waals surface area contributed by atoms with E-state index in [0.29, 0.717) is 0 Å². The molecule has 0 unspecified atom stereocenters. The summed E-state index contributed by atoms with van der Waals surface area (Å²) >= 11 is 0. The molecule has 0 fully saturated rings. The Morgan fingerprint density at radius 2 is 1.04 bits per heavy atom. The van der Waals surface area contributed by atoms with Gasteiger partial charge in [-0.25, -0.2) is 9.97 Å². The van der Waals surface area contributed by atoms with Gasteiger partial charge < -0.3 is 0 Å². The molecule has 26 heavy (non-hydrogen) atoms. The molecule has 122 valence electrons. The van der Waals surface area contributed by atoms with Crippen LogP contribution in [-0.2, 0) is 0 Å². The zero-order valence-electron chi connectivity index (χ0n) is 13.9. The van der Waals surface area contributed by atoms with Gasteiger partial charge in [0.2, 0.25) is 0 Å². The third-order valence-corrected chi connectivity index (χ3v) is 4.37. The van der Waals surface area contributed by atoms with Gasteiger partial charge in [0.15, 0.2) is 0 Å². The van der Waals surface area contributed by atoms with Gasteiger partial charge in [-0.05, 0) is 12.1 Å². The highest BCUT2D eigenvalue weighted by molar-refractivity contribution is 6.01. The summed E-state index contributed by atoms with van der Waals surface area (Å²) in [5.74, 6) is 0. The van der Waals surface area contributed by atoms with Crippen molar-refractivity contribution in [2.24, 2.45) is 0 Å². The van der Waals surface area contributed by atoms with Gasteiger partial charge in [-0.15, -0.1) is 0 Å². The third-order valence-electron chi connectivity index (χ3n) is 4.37. The van der Waals surface area contributed by atoms with E-state index in [-0.39, 0.29) is 0 Å². The summed E-state index contributed by atoms with van der Waals surface area (Å²) in [6.07, 6.45) is 3.38. The van der Waals surface area contributed by atoms with Crippen molar-refractivity contribution in [3.63, 3.8) is 0 Å². The highest BCUT2D eigenvalue weighted by Crippen LogP contribution is 2.32. The van der Waals surface area contributed by atoms with Crippen LogP contribution in [0, 0.1) is 0 Å². The highest BCUT2D eigenvalue weighted by atomic mass is 14.9. The molecule has 0 aliphatic carbocycles. The summed E-state index contributed by atoms with van der Waals surface area (Å²) in [6.45, 7) is 0. The van der Waals surface area contributed by atoms with Crippen molar-refractivity contribution < 1.29 is 0 Å². The monoisotopic (exact) mass is 334 g/mol. The van der Waals surface area contributed by atoms with Gasteiger partial charge in [0.05, 0.1) is 22.4 Å². The molecule has 0 amide bonds. The maximum Gasteiger partial charge on any atom is 0.117 e. The van der Waals surface area contributed by atoms with E-state index in [4.69, 9.17) is 9.97 Å². The second kappa shape index (κ2) is 6.01. The summed E-state index contributed by atoms with van der Waals surface area (Å²) in [5, 5.41) is 0. The number of benzene rings is 3. The van der Waals surface area contributed by atoms with Crippen molar-refractivity contribution in [3.8, 4) is 22.5 Å². The first-order valence-corrected chi connectivity index (χ1v) is 8.42. The molecule has 3 aromatic carbocycles. The van der Waals surface area contributed by atoms with Crippen molar-refractivity contribution in [2.45, 2.75) is 0 Å². The van der Waals surface area contributed by atoms with Crippen LogP contribution in [-0.4, -0.2) is 19.9 Å². The van der Waals surface area contributed by atoms with E-state index in [9.17, 15) is 0 Å². The zero-order valence-corrected chi connectivity index (χ0v) is 13.9. The summed E-state index contributed by atoms with van der Waals surface area (Å²) in [5.41, 5.74) is 6.97. The predicted octanol–water partition coefficient (Wildman–Crippen LogP) is 4.91. The van der Waals surface area contributed by atoms with Gasteiger partial charge in [-0.1, -0.05) is 60.7 Å². The van der Waals surface area contributed by atoms with Crippen LogP contribution >= 0.6 is 0 Å². The zero-order chi connectivity index (χ0) is 17.3. The van der Waals surface area contributed by atoms with E-state index in [2.05, 4.69) is 34.2 Å². The standard InChI is InChI=1S/C22H14N4/c1-3-7-15(8-4-1)19-20(16-9-5-2-6-10-16)26-22-18(25-19)12-11-17-21(22)24-14-13-23-17/h1-14H. The van der Waals surface area contributed by atoms with Crippen LogP contribution in [0.25, 0.3) is 44.6 Å². The molecule has 0 radical (unpaired) electrons. The first kappa shape index (κ1) is 14.7. The Morgan fingerprint density at radius 3 is 1.73 bits per heavy atom. The van der Waals surface area contributed by atoms with E-state index in [1.807, 2.05) is 48.5 Å². The van der Waals surface area contributed by atoms with Gasteiger partial charge in [0.25, 0.3) is 0 Å². The van der Waals surface area contributed by atoms with Crippen LogP contribution in [0.4, 0.5) is 0 Å². The number of rotatable bonds is 2. The summed E-state index contributed by atoms with van der Waals surface area (Å²) < 4.78 is 0. The molecule has 4 heteroatoms. The molecular formula is C22H14N4. The lowest BCUT2D eigenvalue weighted by Crippen LogP contribution is -1.97. The molecule has 5 rings (SSSR count). The fourth-order valence-corrected chi connectivity index (χ4v) is 3.14. The normalized spacial score (nSPS) is 11.1. The van der Waals surface area contributed by atoms with E-state index in [0.717, 1.165) is 44.6 Å². The molecule has 0 N–H and O–H groups in total. The second-order valence-electron chi connectivity index (χ2n) is 6.01. The van der Waals surface area contributed by atoms with Crippen molar-refractivity contribution in [2.75, 3.05) is 0 Å². The largest absolute Gasteiger partial charge is 0.253 e. The average molecular weight is 334 g/mol. The number of aromatic nitrogens is 4. The summed E-state index contributed by atoms with van der Waals surface area (Å²) in [7, 11) is 0. The van der Waals surface area contributed by atoms with E-state index < -0.39 is 0 Å². The molecule has 2 aromatic heterocycles. The van der Waals surface area contributed by atoms with E-state index in [1.54, 1.807) is 12.4 Å². The Bertz CT molecular complexity index is 1220. The fourth-order valence-electron chi connectivity index (χ4n) is 3.14. The lowest BCUT2D eigenvalue weighted by molar-refractivity contribution is 1.26. The van der Waals surface area contributed by atoms with Crippen LogP contribution in [0.15, 0.2) is 85.2 Å². The molecule has 5 aromatic rings. The SMILES string of the molecule is c1ccc(-c2nc3ccc4nccnc4c3nc2-c2ccccc2)cc1. The predicted molar refractivity (Wildman–Crippen MR) is 104 cm³/mol. The molecule has 0 bridgehead atoms. The summed E-state index contributed by atoms with van der Waals surface area (Å²) in [4.78, 5) is 18.8. The van der Waals surface area contributed by atoms with Crippen LogP contribution in [0.2, 0.25) is 0 Å². The Hall–Kier alpha value is -3.66. The maximum absolute atomic E-state index is 4.98. The number of hydrogen-bond donors (Lipinski definition) is 0. The van der Waals surface area contributed by atoms with Crippen molar-refractivity contribution >= 4 is 22.1 Å². The Kier molecular flexibility index (Phi) is 3.39. The lowest BCUT2D eigenvalue weighted by Gasteiger charge is -2.11. The molecule has 0 saturated heterocycles. The molecule has 0 saturated carbocycles. The topological polar surface area (TPSA) is 51.6 Å². The first-order valence-electron chi connectivity index (χ1n) is 8.42. The highest BCUT2D eigenvalue weighted by Gasteiger charge is 2.15. The Labute approximate surface area is 150 Å². The van der Waals surface area contributed by atoms with Gasteiger partial charge in [-0.2, -0.15) is 0 Å². The van der Waals surface area contributed by atoms with Crippen LogP contribution in [0.3, 0.4) is 0 Å². The van der Waals surface area contributed by atoms with Crippen LogP contribution in [0.5, 0.6) is 0 Å². The average Bonchev–Trinajstić information content (AvgIpc) is 2.74. The quantitative estimate of drug-likeness (QED) is 0.431. The molecular weight excluding hydrogens is 320 g/mol. The molecule has 2 heterocycles. The van der Waals surface area contributed by atoms with Crippen molar-refractivity contribution in [1.82, 2.24) is 19.9 Å². The van der Waals surface area contributed by atoms with Gasteiger partial charge in [-0.3, -0.25) is 9.97 Å². The lowest BCUT2D eigenvalue weighted by atomic mass is 10.0. The smallest absolute Gasteiger partial charge is 0.117 e. The minimum atomic E-state index is 0.772. The molecule has 4 nitrogen and oxygen atoms in total. The molecule has 0 aliphatic heterocycles.